The first kappa shape index (κ1) is 17.2. The van der Waals surface area contributed by atoms with E-state index in [4.69, 9.17) is 9.47 Å². The van der Waals surface area contributed by atoms with Crippen molar-refractivity contribution in [2.45, 2.75) is 18.9 Å². The predicted octanol–water partition coefficient (Wildman–Crippen LogP) is 2.94. The Bertz CT molecular complexity index is 632. The summed E-state index contributed by atoms with van der Waals surface area (Å²) in [6, 6.07) is 14.2. The summed E-state index contributed by atoms with van der Waals surface area (Å²) < 4.78 is 11.1. The number of rotatable bonds is 7. The van der Waals surface area contributed by atoms with Gasteiger partial charge in [0, 0.05) is 25.6 Å². The monoisotopic (exact) mass is 329 g/mol. The van der Waals surface area contributed by atoms with Crippen molar-refractivity contribution in [2.24, 2.45) is 5.92 Å². The maximum atomic E-state index is 10.3. The molecule has 1 unspecified atom stereocenters. The first-order valence-electron chi connectivity index (χ1n) is 8.76. The molecule has 130 valence electrons. The zero-order valence-corrected chi connectivity index (χ0v) is 14.4. The Balaban J connectivity index is 1.48. The Kier molecular flexibility index (Phi) is 6.07. The maximum absolute atomic E-state index is 10.3. The van der Waals surface area contributed by atoms with Crippen molar-refractivity contribution in [1.82, 2.24) is 4.90 Å². The van der Waals surface area contributed by atoms with Gasteiger partial charge in [-0.15, -0.1) is 0 Å². The lowest BCUT2D eigenvalue weighted by Crippen LogP contribution is -2.41. The molecule has 1 aliphatic rings. The van der Waals surface area contributed by atoms with Crippen LogP contribution in [0.15, 0.2) is 42.5 Å². The van der Waals surface area contributed by atoms with Gasteiger partial charge >= 0.3 is 0 Å². The van der Waals surface area contributed by atoms with E-state index in [9.17, 15) is 5.11 Å². The van der Waals surface area contributed by atoms with E-state index in [0.29, 0.717) is 19.1 Å². The number of aliphatic hydroxyl groups excluding tert-OH is 1. The first-order valence-corrected chi connectivity index (χ1v) is 8.76. The van der Waals surface area contributed by atoms with E-state index < -0.39 is 6.10 Å². The molecule has 2 aromatic carbocycles. The van der Waals surface area contributed by atoms with Crippen molar-refractivity contribution < 1.29 is 14.6 Å². The van der Waals surface area contributed by atoms with Gasteiger partial charge in [0.15, 0.2) is 0 Å². The van der Waals surface area contributed by atoms with Gasteiger partial charge in [0.05, 0.1) is 0 Å². The second-order valence-electron chi connectivity index (χ2n) is 6.64. The Morgan fingerprint density at radius 3 is 2.67 bits per heavy atom. The van der Waals surface area contributed by atoms with E-state index in [1.54, 1.807) is 7.11 Å². The third-order valence-corrected chi connectivity index (χ3v) is 4.76. The molecule has 0 bridgehead atoms. The summed E-state index contributed by atoms with van der Waals surface area (Å²) in [7, 11) is 1.76. The van der Waals surface area contributed by atoms with Gasteiger partial charge in [0.2, 0.25) is 0 Å². The number of aliphatic hydroxyl groups is 1. The molecule has 0 aromatic heterocycles. The maximum Gasteiger partial charge on any atom is 0.127 e. The molecule has 0 saturated carbocycles. The molecule has 1 heterocycles. The normalized spacial score (nSPS) is 17.9. The molecule has 1 aliphatic heterocycles. The molecule has 1 fully saturated rings. The van der Waals surface area contributed by atoms with Crippen molar-refractivity contribution in [3.8, 4) is 5.75 Å². The van der Waals surface area contributed by atoms with E-state index in [1.165, 1.54) is 0 Å². The summed E-state index contributed by atoms with van der Waals surface area (Å²) in [6.45, 7) is 3.90. The number of piperidine rings is 1. The highest BCUT2D eigenvalue weighted by Crippen LogP contribution is 2.25. The lowest BCUT2D eigenvalue weighted by Gasteiger charge is -2.32. The Morgan fingerprint density at radius 1 is 1.12 bits per heavy atom. The van der Waals surface area contributed by atoms with E-state index in [0.717, 1.165) is 49.1 Å². The minimum Gasteiger partial charge on any atom is -0.490 e. The summed E-state index contributed by atoms with van der Waals surface area (Å²) >= 11 is 0. The van der Waals surface area contributed by atoms with Crippen LogP contribution in [-0.4, -0.2) is 56.1 Å². The number of methoxy groups -OCH3 is 1. The highest BCUT2D eigenvalue weighted by Gasteiger charge is 2.21. The zero-order valence-electron chi connectivity index (χ0n) is 14.4. The smallest absolute Gasteiger partial charge is 0.127 e. The summed E-state index contributed by atoms with van der Waals surface area (Å²) in [5.74, 6) is 1.50. The van der Waals surface area contributed by atoms with Crippen LogP contribution in [0.4, 0.5) is 0 Å². The van der Waals surface area contributed by atoms with Crippen LogP contribution >= 0.6 is 0 Å². The number of β-amino-alcohol motifs (C(OH)–C–C–N with tert-alkyl or cyclic N) is 1. The predicted molar refractivity (Wildman–Crippen MR) is 96.5 cm³/mol. The van der Waals surface area contributed by atoms with Crippen LogP contribution in [0.5, 0.6) is 5.75 Å². The lowest BCUT2D eigenvalue weighted by atomic mass is 9.97. The van der Waals surface area contributed by atoms with E-state index in [1.807, 2.05) is 24.3 Å². The fraction of sp³-hybridized carbons (Fsp3) is 0.500. The molecule has 2 aromatic rings. The van der Waals surface area contributed by atoms with Crippen molar-refractivity contribution in [3.05, 3.63) is 42.5 Å². The zero-order chi connectivity index (χ0) is 16.8. The van der Waals surface area contributed by atoms with Gasteiger partial charge in [-0.3, -0.25) is 0 Å². The molecule has 0 amide bonds. The van der Waals surface area contributed by atoms with Crippen LogP contribution in [0, 0.1) is 5.92 Å². The van der Waals surface area contributed by atoms with Gasteiger partial charge in [-0.1, -0.05) is 36.4 Å². The van der Waals surface area contributed by atoms with E-state index in [2.05, 4.69) is 23.1 Å². The van der Waals surface area contributed by atoms with E-state index >= 15 is 0 Å². The Hall–Kier alpha value is -1.62. The average molecular weight is 329 g/mol. The summed E-state index contributed by atoms with van der Waals surface area (Å²) in [4.78, 5) is 2.32. The van der Waals surface area contributed by atoms with Crippen molar-refractivity contribution >= 4 is 10.8 Å². The quantitative estimate of drug-likeness (QED) is 0.848. The molecule has 1 saturated heterocycles. The molecule has 4 heteroatoms. The third kappa shape index (κ3) is 4.47. The largest absolute Gasteiger partial charge is 0.490 e. The number of fused-ring (bicyclic) bond motifs is 1. The highest BCUT2D eigenvalue weighted by molar-refractivity contribution is 5.88. The SMILES string of the molecule is COCC1CCN(CC(O)COc2cccc3ccccc23)CC1. The lowest BCUT2D eigenvalue weighted by molar-refractivity contribution is 0.0443. The molecule has 1 atom stereocenters. The van der Waals surface area contributed by atoms with Gasteiger partial charge in [-0.05, 0) is 43.3 Å². The van der Waals surface area contributed by atoms with Crippen LogP contribution < -0.4 is 4.74 Å². The summed E-state index contributed by atoms with van der Waals surface area (Å²) in [5, 5.41) is 12.6. The minimum absolute atomic E-state index is 0.325. The van der Waals surface area contributed by atoms with Crippen molar-refractivity contribution in [1.29, 1.82) is 0 Å². The highest BCUT2D eigenvalue weighted by atomic mass is 16.5. The van der Waals surface area contributed by atoms with Crippen LogP contribution in [0.2, 0.25) is 0 Å². The van der Waals surface area contributed by atoms with Gasteiger partial charge < -0.3 is 19.5 Å². The number of benzene rings is 2. The summed E-state index contributed by atoms with van der Waals surface area (Å²) in [6.07, 6.45) is 1.82. The molecule has 0 spiro atoms. The number of likely N-dealkylation sites (tertiary alicyclic amines) is 1. The van der Waals surface area contributed by atoms with Crippen LogP contribution in [0.1, 0.15) is 12.8 Å². The number of hydrogen-bond donors (Lipinski definition) is 1. The molecule has 3 rings (SSSR count). The molecular weight excluding hydrogens is 302 g/mol. The second kappa shape index (κ2) is 8.47. The van der Waals surface area contributed by atoms with Gasteiger partial charge in [0.25, 0.3) is 0 Å². The summed E-state index contributed by atoms with van der Waals surface area (Å²) in [5.41, 5.74) is 0. The number of nitrogens with zero attached hydrogens (tertiary/aromatic N) is 1. The van der Waals surface area contributed by atoms with Crippen LogP contribution in [0.3, 0.4) is 0 Å². The van der Waals surface area contributed by atoms with Crippen molar-refractivity contribution in [3.63, 3.8) is 0 Å². The molecular formula is C20H27NO3. The van der Waals surface area contributed by atoms with Gasteiger partial charge in [0.1, 0.15) is 18.5 Å². The topological polar surface area (TPSA) is 41.9 Å². The molecule has 0 aliphatic carbocycles. The van der Waals surface area contributed by atoms with E-state index in [-0.39, 0.29) is 0 Å². The molecule has 1 N–H and O–H groups in total. The molecule has 4 nitrogen and oxygen atoms in total. The fourth-order valence-corrected chi connectivity index (χ4v) is 3.43. The van der Waals surface area contributed by atoms with Gasteiger partial charge in [-0.2, -0.15) is 0 Å². The Morgan fingerprint density at radius 2 is 1.88 bits per heavy atom. The molecule has 0 radical (unpaired) electrons. The number of hydrogen-bond acceptors (Lipinski definition) is 4. The van der Waals surface area contributed by atoms with Crippen molar-refractivity contribution in [2.75, 3.05) is 40.0 Å². The second-order valence-corrected chi connectivity index (χ2v) is 6.64. The average Bonchev–Trinajstić information content (AvgIpc) is 2.62. The minimum atomic E-state index is -0.469. The first-order chi connectivity index (χ1) is 11.8. The Labute approximate surface area is 144 Å². The van der Waals surface area contributed by atoms with Gasteiger partial charge in [-0.25, -0.2) is 0 Å². The van der Waals surface area contributed by atoms with Crippen LogP contribution in [0.25, 0.3) is 10.8 Å². The number of ether oxygens (including phenoxy) is 2. The van der Waals surface area contributed by atoms with Crippen LogP contribution in [-0.2, 0) is 4.74 Å². The third-order valence-electron chi connectivity index (χ3n) is 4.76. The molecule has 24 heavy (non-hydrogen) atoms. The standard InChI is InChI=1S/C20H27NO3/c1-23-14-16-9-11-21(12-10-16)13-18(22)15-24-20-8-4-6-17-5-2-3-7-19(17)20/h2-8,16,18,22H,9-15H2,1H3. The fourth-order valence-electron chi connectivity index (χ4n) is 3.43.